The van der Waals surface area contributed by atoms with Crippen LogP contribution in [-0.2, 0) is 11.2 Å². The minimum atomic E-state index is 0.0791. The van der Waals surface area contributed by atoms with Gasteiger partial charge in [-0.25, -0.2) is 0 Å². The summed E-state index contributed by atoms with van der Waals surface area (Å²) < 4.78 is 10.5. The number of thiophene rings is 1. The largest absolute Gasteiger partial charge is 0.490 e. The molecule has 1 aromatic carbocycles. The van der Waals surface area contributed by atoms with E-state index in [1.165, 1.54) is 0 Å². The lowest BCUT2D eigenvalue weighted by Gasteiger charge is -2.10. The average molecular weight is 276 g/mol. The van der Waals surface area contributed by atoms with E-state index in [2.05, 4.69) is 0 Å². The average Bonchev–Trinajstić information content (AvgIpc) is 2.92. The number of methoxy groups -OCH3 is 1. The van der Waals surface area contributed by atoms with E-state index in [9.17, 15) is 4.79 Å². The van der Waals surface area contributed by atoms with Crippen LogP contribution < -0.4 is 4.74 Å². The fraction of sp³-hybridized carbons (Fsp3) is 0.267. The summed E-state index contributed by atoms with van der Waals surface area (Å²) in [6, 6.07) is 11.3. The molecule has 3 nitrogen and oxygen atoms in total. The molecule has 2 rings (SSSR count). The van der Waals surface area contributed by atoms with E-state index in [1.54, 1.807) is 24.5 Å². The van der Waals surface area contributed by atoms with Crippen LogP contribution in [0.3, 0.4) is 0 Å². The molecule has 0 radical (unpaired) electrons. The van der Waals surface area contributed by atoms with E-state index in [4.69, 9.17) is 9.47 Å². The maximum atomic E-state index is 12.3. The van der Waals surface area contributed by atoms with E-state index in [0.717, 1.165) is 4.88 Å². The van der Waals surface area contributed by atoms with Gasteiger partial charge in [0, 0.05) is 18.4 Å². The predicted molar refractivity (Wildman–Crippen MR) is 76.2 cm³/mol. The molecule has 1 aromatic heterocycles. The molecule has 2 aromatic rings. The quantitative estimate of drug-likeness (QED) is 0.575. The van der Waals surface area contributed by atoms with Crippen LogP contribution in [0.4, 0.5) is 0 Å². The fourth-order valence-electron chi connectivity index (χ4n) is 1.72. The highest BCUT2D eigenvalue weighted by molar-refractivity contribution is 7.10. The molecule has 0 spiro atoms. The maximum absolute atomic E-state index is 12.3. The van der Waals surface area contributed by atoms with Gasteiger partial charge in [-0.1, -0.05) is 18.2 Å². The lowest BCUT2D eigenvalue weighted by molar-refractivity contribution is 0.0986. The van der Waals surface area contributed by atoms with Gasteiger partial charge in [0.25, 0.3) is 0 Å². The Morgan fingerprint density at radius 3 is 2.74 bits per heavy atom. The number of benzene rings is 1. The summed E-state index contributed by atoms with van der Waals surface area (Å²) >= 11 is 1.59. The molecule has 0 atom stereocenters. The van der Waals surface area contributed by atoms with Gasteiger partial charge < -0.3 is 9.47 Å². The van der Waals surface area contributed by atoms with Crippen molar-refractivity contribution in [3.8, 4) is 5.75 Å². The van der Waals surface area contributed by atoms with Crippen LogP contribution in [0.1, 0.15) is 15.2 Å². The van der Waals surface area contributed by atoms with Crippen molar-refractivity contribution in [1.29, 1.82) is 0 Å². The van der Waals surface area contributed by atoms with Crippen molar-refractivity contribution in [3.63, 3.8) is 0 Å². The Labute approximate surface area is 116 Å². The number of Topliss-reactive ketones (excluding diaryl/α,β-unsaturated/α-hetero) is 1. The van der Waals surface area contributed by atoms with E-state index in [1.807, 2.05) is 35.7 Å². The molecule has 4 heteroatoms. The third-order valence-electron chi connectivity index (χ3n) is 2.65. The van der Waals surface area contributed by atoms with Crippen molar-refractivity contribution in [3.05, 3.63) is 52.2 Å². The van der Waals surface area contributed by atoms with Crippen molar-refractivity contribution in [2.45, 2.75) is 6.42 Å². The first-order chi connectivity index (χ1) is 9.31. The van der Waals surface area contributed by atoms with Crippen LogP contribution >= 0.6 is 11.3 Å². The Morgan fingerprint density at radius 2 is 2.00 bits per heavy atom. The summed E-state index contributed by atoms with van der Waals surface area (Å²) in [6.45, 7) is 0.952. The second-order valence-corrected chi connectivity index (χ2v) is 5.05. The molecule has 1 heterocycles. The SMILES string of the molecule is COCCOc1ccccc1C(=O)Cc1cccs1. The molecule has 0 aliphatic heterocycles. The van der Waals surface area contributed by atoms with Crippen molar-refractivity contribution in [1.82, 2.24) is 0 Å². The first kappa shape index (κ1) is 13.8. The van der Waals surface area contributed by atoms with Crippen molar-refractivity contribution >= 4 is 17.1 Å². The third-order valence-corrected chi connectivity index (χ3v) is 3.52. The number of para-hydroxylation sites is 1. The number of carbonyl (C=O) groups excluding carboxylic acids is 1. The zero-order valence-corrected chi connectivity index (χ0v) is 11.6. The molecule has 0 fully saturated rings. The zero-order valence-electron chi connectivity index (χ0n) is 10.8. The second-order valence-electron chi connectivity index (χ2n) is 4.02. The first-order valence-electron chi connectivity index (χ1n) is 6.07. The highest BCUT2D eigenvalue weighted by Crippen LogP contribution is 2.21. The van der Waals surface area contributed by atoms with Crippen LogP contribution in [-0.4, -0.2) is 26.1 Å². The molecule has 19 heavy (non-hydrogen) atoms. The Balaban J connectivity index is 2.07. The molecule has 0 amide bonds. The molecular formula is C15H16O3S. The number of ether oxygens (including phenoxy) is 2. The molecule has 0 bridgehead atoms. The van der Waals surface area contributed by atoms with Gasteiger partial charge in [0.2, 0.25) is 0 Å². The van der Waals surface area contributed by atoms with Gasteiger partial charge in [-0.3, -0.25) is 4.79 Å². The predicted octanol–water partition coefficient (Wildman–Crippen LogP) is 3.20. The summed E-state index contributed by atoms with van der Waals surface area (Å²) in [6.07, 6.45) is 0.419. The van der Waals surface area contributed by atoms with Crippen LogP contribution in [0.25, 0.3) is 0 Å². The molecule has 0 N–H and O–H groups in total. The summed E-state index contributed by atoms with van der Waals surface area (Å²) in [5.41, 5.74) is 0.631. The van der Waals surface area contributed by atoms with Crippen molar-refractivity contribution < 1.29 is 14.3 Å². The Hall–Kier alpha value is -1.65. The van der Waals surface area contributed by atoms with E-state index in [-0.39, 0.29) is 5.78 Å². The standard InChI is InChI=1S/C15H16O3S/c1-17-8-9-18-15-7-3-2-6-13(15)14(16)11-12-5-4-10-19-12/h2-7,10H,8-9,11H2,1H3. The van der Waals surface area contributed by atoms with Gasteiger partial charge in [-0.15, -0.1) is 11.3 Å². The number of carbonyl (C=O) groups is 1. The third kappa shape index (κ3) is 3.91. The molecule has 0 aliphatic rings. The Morgan fingerprint density at radius 1 is 1.16 bits per heavy atom. The van der Waals surface area contributed by atoms with Gasteiger partial charge >= 0.3 is 0 Å². The lowest BCUT2D eigenvalue weighted by atomic mass is 10.1. The molecule has 0 saturated heterocycles. The highest BCUT2D eigenvalue weighted by atomic mass is 32.1. The molecule has 0 unspecified atom stereocenters. The smallest absolute Gasteiger partial charge is 0.171 e. The molecule has 0 saturated carbocycles. The van der Waals surface area contributed by atoms with E-state index >= 15 is 0 Å². The second kappa shape index (κ2) is 7.07. The fourth-order valence-corrected chi connectivity index (χ4v) is 2.43. The van der Waals surface area contributed by atoms with Crippen molar-refractivity contribution in [2.24, 2.45) is 0 Å². The first-order valence-corrected chi connectivity index (χ1v) is 6.95. The van der Waals surface area contributed by atoms with Gasteiger partial charge in [-0.2, -0.15) is 0 Å². The highest BCUT2D eigenvalue weighted by Gasteiger charge is 2.13. The number of ketones is 1. The van der Waals surface area contributed by atoms with Crippen LogP contribution in [0.15, 0.2) is 41.8 Å². The van der Waals surface area contributed by atoms with Crippen molar-refractivity contribution in [2.75, 3.05) is 20.3 Å². The topological polar surface area (TPSA) is 35.5 Å². The van der Waals surface area contributed by atoms with Gasteiger partial charge in [-0.05, 0) is 23.6 Å². The Bertz CT molecular complexity index is 520. The number of hydrogen-bond donors (Lipinski definition) is 0. The summed E-state index contributed by atoms with van der Waals surface area (Å²) in [7, 11) is 1.62. The number of rotatable bonds is 7. The van der Waals surface area contributed by atoms with Gasteiger partial charge in [0.15, 0.2) is 5.78 Å². The maximum Gasteiger partial charge on any atom is 0.171 e. The summed E-state index contributed by atoms with van der Waals surface area (Å²) in [5.74, 6) is 0.705. The normalized spacial score (nSPS) is 10.4. The van der Waals surface area contributed by atoms with Crippen LogP contribution in [0.5, 0.6) is 5.75 Å². The zero-order chi connectivity index (χ0) is 13.5. The monoisotopic (exact) mass is 276 g/mol. The molecule has 100 valence electrons. The van der Waals surface area contributed by atoms with E-state index < -0.39 is 0 Å². The van der Waals surface area contributed by atoms with Gasteiger partial charge in [0.05, 0.1) is 12.2 Å². The van der Waals surface area contributed by atoms with Crippen LogP contribution in [0.2, 0.25) is 0 Å². The van der Waals surface area contributed by atoms with E-state index in [0.29, 0.717) is 30.9 Å². The van der Waals surface area contributed by atoms with Gasteiger partial charge in [0.1, 0.15) is 12.4 Å². The summed E-state index contributed by atoms with van der Waals surface area (Å²) in [5, 5.41) is 1.98. The molecule has 0 aliphatic carbocycles. The summed E-state index contributed by atoms with van der Waals surface area (Å²) in [4.78, 5) is 13.3. The number of hydrogen-bond acceptors (Lipinski definition) is 4. The minimum Gasteiger partial charge on any atom is -0.490 e. The molecular weight excluding hydrogens is 260 g/mol. The Kier molecular flexibility index (Phi) is 5.12. The lowest BCUT2D eigenvalue weighted by Crippen LogP contribution is -2.09. The van der Waals surface area contributed by atoms with Crippen LogP contribution in [0, 0.1) is 0 Å². The minimum absolute atomic E-state index is 0.0791.